The van der Waals surface area contributed by atoms with E-state index in [1.54, 1.807) is 0 Å². The fraction of sp³-hybridized carbons (Fsp3) is 0.762. The maximum Gasteiger partial charge on any atom is 0.191 e. The molecule has 160 valence electrons. The van der Waals surface area contributed by atoms with Crippen LogP contribution >= 0.6 is 35.3 Å². The topological polar surface area (TPSA) is 42.9 Å². The normalized spacial score (nSPS) is 22.9. The van der Waals surface area contributed by atoms with E-state index in [2.05, 4.69) is 56.8 Å². The molecule has 2 saturated heterocycles. The van der Waals surface area contributed by atoms with Crippen LogP contribution in [0.15, 0.2) is 22.5 Å². The Bertz CT molecular complexity index is 571. The predicted molar refractivity (Wildman–Crippen MR) is 132 cm³/mol. The van der Waals surface area contributed by atoms with Crippen molar-refractivity contribution in [2.24, 2.45) is 10.9 Å². The Labute approximate surface area is 192 Å². The van der Waals surface area contributed by atoms with Crippen molar-refractivity contribution >= 4 is 41.3 Å². The van der Waals surface area contributed by atoms with Gasteiger partial charge in [0, 0.05) is 37.6 Å². The van der Waals surface area contributed by atoms with Gasteiger partial charge in [-0.05, 0) is 76.5 Å². The number of thiophene rings is 1. The first kappa shape index (κ1) is 23.9. The Kier molecular flexibility index (Phi) is 10.5. The second-order valence-electron chi connectivity index (χ2n) is 8.21. The third-order valence-corrected chi connectivity index (χ3v) is 6.95. The van der Waals surface area contributed by atoms with Crippen LogP contribution in [0.2, 0.25) is 0 Å². The summed E-state index contributed by atoms with van der Waals surface area (Å²) in [5.74, 6) is 1.66. The molecular formula is C21H38IN5S. The molecule has 1 aromatic rings. The van der Waals surface area contributed by atoms with Crippen molar-refractivity contribution in [3.05, 3.63) is 22.4 Å². The van der Waals surface area contributed by atoms with Gasteiger partial charge in [0.05, 0.1) is 6.04 Å². The number of nitrogens with zero attached hydrogens (tertiary/aromatic N) is 3. The van der Waals surface area contributed by atoms with E-state index < -0.39 is 0 Å². The smallest absolute Gasteiger partial charge is 0.191 e. The molecule has 2 aliphatic rings. The van der Waals surface area contributed by atoms with Crippen molar-refractivity contribution in [2.75, 3.05) is 46.3 Å². The number of guanidine groups is 1. The van der Waals surface area contributed by atoms with Gasteiger partial charge in [-0.3, -0.25) is 9.89 Å². The summed E-state index contributed by atoms with van der Waals surface area (Å²) >= 11 is 1.87. The highest BCUT2D eigenvalue weighted by Gasteiger charge is 2.25. The lowest BCUT2D eigenvalue weighted by Crippen LogP contribution is -2.47. The number of rotatable bonds is 7. The van der Waals surface area contributed by atoms with Gasteiger partial charge in [-0.2, -0.15) is 0 Å². The first-order valence-electron chi connectivity index (χ1n) is 10.6. The zero-order chi connectivity index (χ0) is 19.1. The average molecular weight is 520 g/mol. The Balaban J connectivity index is 0.00000280. The van der Waals surface area contributed by atoms with Gasteiger partial charge in [-0.15, -0.1) is 35.3 Å². The Morgan fingerprint density at radius 1 is 1.18 bits per heavy atom. The molecule has 2 N–H and O–H groups in total. The van der Waals surface area contributed by atoms with Crippen LogP contribution < -0.4 is 10.6 Å². The first-order chi connectivity index (χ1) is 13.2. The van der Waals surface area contributed by atoms with Crippen molar-refractivity contribution in [3.63, 3.8) is 0 Å². The van der Waals surface area contributed by atoms with Crippen LogP contribution in [0, 0.1) is 5.92 Å². The molecule has 2 fully saturated rings. The molecule has 5 nitrogen and oxygen atoms in total. The highest BCUT2D eigenvalue weighted by molar-refractivity contribution is 14.0. The first-order valence-corrected chi connectivity index (χ1v) is 11.5. The van der Waals surface area contributed by atoms with E-state index in [1.807, 2.05) is 18.4 Å². The van der Waals surface area contributed by atoms with Crippen LogP contribution in [0.3, 0.4) is 0 Å². The number of aliphatic imine (C=N–C) groups is 1. The Hall–Kier alpha value is -0.380. The average Bonchev–Trinajstić information content (AvgIpc) is 3.39. The van der Waals surface area contributed by atoms with Crippen molar-refractivity contribution in [2.45, 2.75) is 51.6 Å². The van der Waals surface area contributed by atoms with Gasteiger partial charge >= 0.3 is 0 Å². The molecule has 0 spiro atoms. The molecule has 0 bridgehead atoms. The third-order valence-electron chi connectivity index (χ3n) is 5.98. The zero-order valence-electron chi connectivity index (χ0n) is 17.7. The molecule has 0 aromatic carbocycles. The van der Waals surface area contributed by atoms with Crippen LogP contribution in [0.25, 0.3) is 0 Å². The lowest BCUT2D eigenvalue weighted by atomic mass is 9.97. The molecule has 3 heterocycles. The molecule has 0 saturated carbocycles. The lowest BCUT2D eigenvalue weighted by molar-refractivity contribution is 0.141. The maximum atomic E-state index is 4.47. The molecule has 7 heteroatoms. The van der Waals surface area contributed by atoms with Gasteiger partial charge < -0.3 is 15.5 Å². The van der Waals surface area contributed by atoms with Crippen molar-refractivity contribution in [1.29, 1.82) is 0 Å². The van der Waals surface area contributed by atoms with Gasteiger partial charge in [0.25, 0.3) is 0 Å². The molecule has 0 aliphatic carbocycles. The summed E-state index contributed by atoms with van der Waals surface area (Å²) < 4.78 is 0. The number of halogens is 1. The predicted octanol–water partition coefficient (Wildman–Crippen LogP) is 3.79. The number of likely N-dealkylation sites (tertiary alicyclic amines) is 2. The van der Waals surface area contributed by atoms with Crippen molar-refractivity contribution in [3.8, 4) is 0 Å². The monoisotopic (exact) mass is 519 g/mol. The van der Waals surface area contributed by atoms with E-state index in [1.165, 1.54) is 56.7 Å². The van der Waals surface area contributed by atoms with Gasteiger partial charge in [0.1, 0.15) is 0 Å². The van der Waals surface area contributed by atoms with Gasteiger partial charge in [-0.25, -0.2) is 0 Å². The SMILES string of the molecule is CN=C(NCC1CCCN(C(C)C)C1)NCC(c1cccs1)N1CCCC1.I. The number of nitrogens with one attached hydrogen (secondary N) is 2. The molecule has 0 radical (unpaired) electrons. The van der Waals surface area contributed by atoms with Crippen LogP contribution in [-0.4, -0.2) is 68.1 Å². The largest absolute Gasteiger partial charge is 0.356 e. The molecular weight excluding hydrogens is 481 g/mol. The summed E-state index contributed by atoms with van der Waals surface area (Å²) in [6.45, 7) is 11.4. The van der Waals surface area contributed by atoms with E-state index in [9.17, 15) is 0 Å². The lowest BCUT2D eigenvalue weighted by Gasteiger charge is -2.35. The third kappa shape index (κ3) is 6.85. The Morgan fingerprint density at radius 3 is 2.57 bits per heavy atom. The summed E-state index contributed by atoms with van der Waals surface area (Å²) in [7, 11) is 1.88. The molecule has 2 unspecified atom stereocenters. The highest BCUT2D eigenvalue weighted by atomic mass is 127. The second kappa shape index (κ2) is 12.3. The summed E-state index contributed by atoms with van der Waals surface area (Å²) in [5.41, 5.74) is 0. The number of hydrogen-bond acceptors (Lipinski definition) is 4. The molecule has 3 rings (SSSR count). The summed E-state index contributed by atoms with van der Waals surface area (Å²) in [6.07, 6.45) is 5.27. The van der Waals surface area contributed by atoms with E-state index >= 15 is 0 Å². The fourth-order valence-corrected chi connectivity index (χ4v) is 5.19. The van der Waals surface area contributed by atoms with Crippen LogP contribution in [0.1, 0.15) is 50.4 Å². The Morgan fingerprint density at radius 2 is 1.93 bits per heavy atom. The van der Waals surface area contributed by atoms with Gasteiger partial charge in [0.2, 0.25) is 0 Å². The fourth-order valence-electron chi connectivity index (χ4n) is 4.33. The minimum atomic E-state index is 0. The number of piperidine rings is 1. The highest BCUT2D eigenvalue weighted by Crippen LogP contribution is 2.27. The van der Waals surface area contributed by atoms with Crippen molar-refractivity contribution < 1.29 is 0 Å². The minimum absolute atomic E-state index is 0. The summed E-state index contributed by atoms with van der Waals surface area (Å²) in [4.78, 5) is 11.2. The second-order valence-corrected chi connectivity index (χ2v) is 9.18. The van der Waals surface area contributed by atoms with E-state index in [0.717, 1.165) is 19.0 Å². The van der Waals surface area contributed by atoms with Crippen molar-refractivity contribution in [1.82, 2.24) is 20.4 Å². The molecule has 28 heavy (non-hydrogen) atoms. The van der Waals surface area contributed by atoms with Crippen LogP contribution in [0.5, 0.6) is 0 Å². The van der Waals surface area contributed by atoms with E-state index in [-0.39, 0.29) is 24.0 Å². The number of hydrogen-bond donors (Lipinski definition) is 2. The molecule has 1 aromatic heterocycles. The standard InChI is InChI=1S/C21H37N5S.HI/c1-17(2)26-12-6-8-18(16-26)14-23-21(22-3)24-15-19(20-9-7-13-27-20)25-10-4-5-11-25;/h7,9,13,17-19H,4-6,8,10-12,14-16H2,1-3H3,(H2,22,23,24);1H. The van der Waals surface area contributed by atoms with Gasteiger partial charge in [-0.1, -0.05) is 6.07 Å². The zero-order valence-corrected chi connectivity index (χ0v) is 20.8. The van der Waals surface area contributed by atoms with Gasteiger partial charge in [0.15, 0.2) is 5.96 Å². The summed E-state index contributed by atoms with van der Waals surface area (Å²) in [6, 6.07) is 5.54. The minimum Gasteiger partial charge on any atom is -0.356 e. The molecule has 2 aliphatic heterocycles. The van der Waals surface area contributed by atoms with Crippen LogP contribution in [0.4, 0.5) is 0 Å². The molecule has 2 atom stereocenters. The maximum absolute atomic E-state index is 4.47. The summed E-state index contributed by atoms with van der Waals surface area (Å²) in [5, 5.41) is 9.37. The quantitative estimate of drug-likeness (QED) is 0.327. The molecule has 0 amide bonds. The van der Waals surface area contributed by atoms with E-state index in [0.29, 0.717) is 18.0 Å². The van der Waals surface area contributed by atoms with E-state index in [4.69, 9.17) is 0 Å². The van der Waals surface area contributed by atoms with Crippen LogP contribution in [-0.2, 0) is 0 Å².